The summed E-state index contributed by atoms with van der Waals surface area (Å²) in [6.45, 7) is 22.8. The number of aromatic nitrogens is 3. The summed E-state index contributed by atoms with van der Waals surface area (Å²) in [5.74, 6) is 0.248. The molecule has 0 spiro atoms. The molecule has 254 valence electrons. The van der Waals surface area contributed by atoms with Crippen LogP contribution >= 0.6 is 0 Å². The maximum atomic E-state index is 14.0. The molecule has 0 bridgehead atoms. The number of hydrogen-bond acceptors (Lipinski definition) is 8. The predicted molar refractivity (Wildman–Crippen MR) is 181 cm³/mol. The number of nitrogens with one attached hydrogen (secondary N) is 1. The molecule has 1 aliphatic heterocycles. The third kappa shape index (κ3) is 8.60. The molecule has 3 amide bonds. The van der Waals surface area contributed by atoms with E-state index in [9.17, 15) is 14.4 Å². The number of piperidine rings is 1. The van der Waals surface area contributed by atoms with Crippen molar-refractivity contribution in [1.29, 1.82) is 0 Å². The number of rotatable bonds is 7. The average Bonchev–Trinajstić information content (AvgIpc) is 3.37. The Morgan fingerprint density at radius 1 is 1.09 bits per heavy atom. The second-order valence-corrected chi connectivity index (χ2v) is 14.7. The third-order valence-electron chi connectivity index (χ3n) is 7.54. The van der Waals surface area contributed by atoms with Crippen LogP contribution in [-0.2, 0) is 14.3 Å². The first kappa shape index (κ1) is 35.2. The Kier molecular flexibility index (Phi) is 9.94. The van der Waals surface area contributed by atoms with E-state index in [1.54, 1.807) is 66.7 Å². The largest absolute Gasteiger partial charge is 0.472 e. The van der Waals surface area contributed by atoms with Gasteiger partial charge in [-0.15, -0.1) is 0 Å². The maximum absolute atomic E-state index is 14.0. The highest BCUT2D eigenvalue weighted by Gasteiger charge is 2.40. The van der Waals surface area contributed by atoms with Gasteiger partial charge in [0.1, 0.15) is 17.3 Å². The van der Waals surface area contributed by atoms with Gasteiger partial charge in [-0.1, -0.05) is 26.5 Å². The summed E-state index contributed by atoms with van der Waals surface area (Å²) >= 11 is 0. The van der Waals surface area contributed by atoms with Gasteiger partial charge in [0.25, 0.3) is 0 Å². The van der Waals surface area contributed by atoms with E-state index in [-0.39, 0.29) is 11.8 Å². The SMILES string of the molecule is C=CC(=O)Nc1cccc(N(C(=O)OC(C)(C)C)c2cc(O[C@@H]3CCC(C)(C)N(C(=O)OC(C)(C)C)C3)nc3c(C(C)C)cnn23)c1. The molecule has 1 aliphatic rings. The number of ether oxygens (including phenoxy) is 3. The number of benzene rings is 1. The molecule has 12 nitrogen and oxygen atoms in total. The third-order valence-corrected chi connectivity index (χ3v) is 7.54. The zero-order chi connectivity index (χ0) is 34.9. The summed E-state index contributed by atoms with van der Waals surface area (Å²) < 4.78 is 19.7. The van der Waals surface area contributed by atoms with E-state index in [0.29, 0.717) is 42.2 Å². The predicted octanol–water partition coefficient (Wildman–Crippen LogP) is 7.61. The van der Waals surface area contributed by atoms with Gasteiger partial charge in [0, 0.05) is 22.9 Å². The number of anilines is 3. The van der Waals surface area contributed by atoms with Gasteiger partial charge >= 0.3 is 12.2 Å². The topological polar surface area (TPSA) is 128 Å². The van der Waals surface area contributed by atoms with Crippen LogP contribution in [0.4, 0.5) is 26.8 Å². The fourth-order valence-corrected chi connectivity index (χ4v) is 5.22. The summed E-state index contributed by atoms with van der Waals surface area (Å²) in [5.41, 5.74) is 0.345. The number of carbonyl (C=O) groups excluding carboxylic acids is 3. The second-order valence-electron chi connectivity index (χ2n) is 14.7. The molecule has 3 heterocycles. The first-order valence-corrected chi connectivity index (χ1v) is 15.9. The van der Waals surface area contributed by atoms with Gasteiger partial charge in [-0.05, 0) is 98.4 Å². The van der Waals surface area contributed by atoms with Gasteiger partial charge in [-0.25, -0.2) is 14.5 Å². The summed E-state index contributed by atoms with van der Waals surface area (Å²) in [6.07, 6.45) is 2.78. The smallest absolute Gasteiger partial charge is 0.420 e. The lowest BCUT2D eigenvalue weighted by Gasteiger charge is -2.45. The van der Waals surface area contributed by atoms with Gasteiger partial charge in [-0.2, -0.15) is 14.6 Å². The highest BCUT2D eigenvalue weighted by atomic mass is 16.6. The Balaban J connectivity index is 1.82. The molecule has 3 aromatic rings. The van der Waals surface area contributed by atoms with Crippen molar-refractivity contribution in [1.82, 2.24) is 19.5 Å². The summed E-state index contributed by atoms with van der Waals surface area (Å²) in [7, 11) is 0. The average molecular weight is 649 g/mol. The molecular formula is C35H48N6O6. The van der Waals surface area contributed by atoms with Crippen molar-refractivity contribution in [2.75, 3.05) is 16.8 Å². The molecule has 0 radical (unpaired) electrons. The van der Waals surface area contributed by atoms with Gasteiger partial charge in [0.05, 0.1) is 18.4 Å². The van der Waals surface area contributed by atoms with Crippen LogP contribution in [0.3, 0.4) is 0 Å². The van der Waals surface area contributed by atoms with Crippen molar-refractivity contribution in [2.45, 2.75) is 111 Å². The number of fused-ring (bicyclic) bond motifs is 1. The number of likely N-dealkylation sites (tertiary alicyclic amines) is 1. The summed E-state index contributed by atoms with van der Waals surface area (Å²) in [4.78, 5) is 47.2. The maximum Gasteiger partial charge on any atom is 0.420 e. The fraction of sp³-hybridized carbons (Fsp3) is 0.514. The zero-order valence-electron chi connectivity index (χ0n) is 29.2. The van der Waals surface area contributed by atoms with Crippen molar-refractivity contribution in [3.8, 4) is 5.88 Å². The molecule has 1 fully saturated rings. The van der Waals surface area contributed by atoms with Crippen LogP contribution in [0.2, 0.25) is 0 Å². The number of amides is 3. The number of hydrogen-bond donors (Lipinski definition) is 1. The van der Waals surface area contributed by atoms with Crippen LogP contribution in [0.5, 0.6) is 5.88 Å². The molecule has 0 aliphatic carbocycles. The molecule has 12 heteroatoms. The van der Waals surface area contributed by atoms with E-state index in [1.807, 2.05) is 48.5 Å². The van der Waals surface area contributed by atoms with Crippen LogP contribution in [0.25, 0.3) is 5.65 Å². The van der Waals surface area contributed by atoms with Crippen LogP contribution in [0.1, 0.15) is 93.6 Å². The van der Waals surface area contributed by atoms with E-state index in [2.05, 4.69) is 17.0 Å². The second kappa shape index (κ2) is 13.2. The highest BCUT2D eigenvalue weighted by molar-refractivity contribution is 6.00. The van der Waals surface area contributed by atoms with Crippen LogP contribution in [0.15, 0.2) is 49.2 Å². The quantitative estimate of drug-likeness (QED) is 0.259. The zero-order valence-corrected chi connectivity index (χ0v) is 29.2. The van der Waals surface area contributed by atoms with E-state index < -0.39 is 40.9 Å². The highest BCUT2D eigenvalue weighted by Crippen LogP contribution is 2.36. The molecule has 1 aromatic carbocycles. The van der Waals surface area contributed by atoms with Crippen LogP contribution in [0, 0.1) is 0 Å². The first-order valence-electron chi connectivity index (χ1n) is 15.9. The lowest BCUT2D eigenvalue weighted by molar-refractivity contribution is -0.111. The van der Waals surface area contributed by atoms with E-state index in [4.69, 9.17) is 19.2 Å². The standard InChI is InChI=1S/C35H48N6O6/c1-12-27(42)37-23-14-13-15-24(18-23)40(32(44)47-34(7,8)9)29-19-28(38-30-26(22(2)3)20-36-41(29)30)45-25-16-17-35(10,11)39(21-25)31(43)46-33(4,5)6/h12-15,18-20,22,25H,1,16-17,21H2,2-11H3,(H,37,42)/t25-/m1/s1. The van der Waals surface area contributed by atoms with Gasteiger partial charge in [0.2, 0.25) is 11.8 Å². The van der Waals surface area contributed by atoms with Crippen molar-refractivity contribution in [2.24, 2.45) is 0 Å². The van der Waals surface area contributed by atoms with Crippen LogP contribution < -0.4 is 15.0 Å². The Morgan fingerprint density at radius 3 is 2.38 bits per heavy atom. The minimum Gasteiger partial charge on any atom is -0.472 e. The Bertz CT molecular complexity index is 1650. The minimum atomic E-state index is -0.817. The number of carbonyl (C=O) groups is 3. The lowest BCUT2D eigenvalue weighted by Crippen LogP contribution is -2.56. The molecule has 1 atom stereocenters. The van der Waals surface area contributed by atoms with Gasteiger partial charge in [0.15, 0.2) is 11.5 Å². The molecule has 47 heavy (non-hydrogen) atoms. The molecule has 1 saturated heterocycles. The number of nitrogens with zero attached hydrogens (tertiary/aromatic N) is 5. The molecule has 0 saturated carbocycles. The lowest BCUT2D eigenvalue weighted by atomic mass is 9.89. The van der Waals surface area contributed by atoms with Gasteiger partial charge in [-0.3, -0.25) is 9.69 Å². The Labute approximate surface area is 277 Å². The normalized spacial score (nSPS) is 16.5. The molecule has 0 unspecified atom stereocenters. The monoisotopic (exact) mass is 648 g/mol. The van der Waals surface area contributed by atoms with Crippen molar-refractivity contribution < 1.29 is 28.6 Å². The minimum absolute atomic E-state index is 0.0636. The Hall–Kier alpha value is -4.61. The Morgan fingerprint density at radius 2 is 1.77 bits per heavy atom. The molecule has 4 rings (SSSR count). The van der Waals surface area contributed by atoms with E-state index in [0.717, 1.165) is 5.56 Å². The fourth-order valence-electron chi connectivity index (χ4n) is 5.22. The summed E-state index contributed by atoms with van der Waals surface area (Å²) in [6, 6.07) is 8.46. The molecular weight excluding hydrogens is 600 g/mol. The van der Waals surface area contributed by atoms with E-state index in [1.165, 1.54) is 11.0 Å². The van der Waals surface area contributed by atoms with E-state index >= 15 is 0 Å². The molecule has 2 aromatic heterocycles. The van der Waals surface area contributed by atoms with Crippen molar-refractivity contribution in [3.63, 3.8) is 0 Å². The van der Waals surface area contributed by atoms with Gasteiger partial charge < -0.3 is 19.5 Å². The van der Waals surface area contributed by atoms with Crippen LogP contribution in [-0.4, -0.2) is 67.0 Å². The van der Waals surface area contributed by atoms with Crippen molar-refractivity contribution >= 4 is 40.9 Å². The van der Waals surface area contributed by atoms with Crippen molar-refractivity contribution in [3.05, 3.63) is 54.7 Å². The summed E-state index contributed by atoms with van der Waals surface area (Å²) in [5, 5.41) is 7.37. The first-order chi connectivity index (χ1) is 21.8. The molecule has 1 N–H and O–H groups in total.